The first-order valence-corrected chi connectivity index (χ1v) is 13.0. The Bertz CT molecular complexity index is 1340. The van der Waals surface area contributed by atoms with Gasteiger partial charge in [-0.1, -0.05) is 18.2 Å². The zero-order chi connectivity index (χ0) is 25.3. The molecule has 1 aromatic heterocycles. The molecule has 1 aliphatic heterocycles. The Morgan fingerprint density at radius 3 is 2.37 bits per heavy atom. The number of aromatic nitrogens is 2. The summed E-state index contributed by atoms with van der Waals surface area (Å²) in [6, 6.07) is 6.67. The van der Waals surface area contributed by atoms with E-state index < -0.39 is 33.7 Å². The molecular weight excluding hydrogens is 483 g/mol. The molecule has 1 saturated heterocycles. The van der Waals surface area contributed by atoms with Gasteiger partial charge in [0, 0.05) is 16.3 Å². The van der Waals surface area contributed by atoms with Crippen molar-refractivity contribution in [2.75, 3.05) is 23.9 Å². The van der Waals surface area contributed by atoms with Gasteiger partial charge in [-0.15, -0.1) is 5.10 Å². The summed E-state index contributed by atoms with van der Waals surface area (Å²) in [6.45, 7) is 3.42. The number of benzene rings is 2. The number of fused-ring (bicyclic) bond motifs is 1. The Balaban J connectivity index is 1.69. The Labute approximate surface area is 201 Å². The van der Waals surface area contributed by atoms with E-state index in [4.69, 9.17) is 9.47 Å². The molecular formula is C24H26F3N3O4S. The Morgan fingerprint density at radius 1 is 1.06 bits per heavy atom. The van der Waals surface area contributed by atoms with E-state index in [1.165, 1.54) is 19.2 Å². The van der Waals surface area contributed by atoms with Crippen LogP contribution < -0.4 is 14.8 Å². The van der Waals surface area contributed by atoms with Crippen molar-refractivity contribution in [3.05, 3.63) is 53.0 Å². The van der Waals surface area contributed by atoms with Crippen LogP contribution in [0.3, 0.4) is 0 Å². The molecule has 0 unspecified atom stereocenters. The molecule has 0 radical (unpaired) electrons. The van der Waals surface area contributed by atoms with Crippen LogP contribution in [0.5, 0.6) is 11.5 Å². The number of methoxy groups -OCH3 is 1. The SMILES string of the molecule is COc1cc2c(C)nnc(N[C@H](C)c3cccc(C(F)F)c3F)c2cc1OC1CCS(=O)(=O)CC1. The van der Waals surface area contributed by atoms with E-state index >= 15 is 0 Å². The molecule has 2 heterocycles. The van der Waals surface area contributed by atoms with Crippen LogP contribution in [-0.4, -0.2) is 43.3 Å². The lowest BCUT2D eigenvalue weighted by atomic mass is 10.0. The van der Waals surface area contributed by atoms with E-state index in [-0.39, 0.29) is 23.2 Å². The van der Waals surface area contributed by atoms with E-state index in [0.717, 1.165) is 6.07 Å². The summed E-state index contributed by atoms with van der Waals surface area (Å²) in [5, 5.41) is 12.8. The van der Waals surface area contributed by atoms with Crippen LogP contribution in [0.1, 0.15) is 49.1 Å². The fourth-order valence-electron chi connectivity index (χ4n) is 4.17. The number of nitrogens with one attached hydrogen (secondary N) is 1. The van der Waals surface area contributed by atoms with Gasteiger partial charge in [0.15, 0.2) is 27.2 Å². The first-order valence-electron chi connectivity index (χ1n) is 11.1. The highest BCUT2D eigenvalue weighted by Gasteiger charge is 2.26. The van der Waals surface area contributed by atoms with E-state index in [1.807, 2.05) is 0 Å². The summed E-state index contributed by atoms with van der Waals surface area (Å²) in [7, 11) is -1.54. The highest BCUT2D eigenvalue weighted by Crippen LogP contribution is 2.38. The normalized spacial score (nSPS) is 16.9. The van der Waals surface area contributed by atoms with Crippen molar-refractivity contribution in [2.45, 2.75) is 45.3 Å². The average molecular weight is 510 g/mol. The molecule has 0 saturated carbocycles. The molecule has 1 atom stereocenters. The number of ether oxygens (including phenoxy) is 2. The topological polar surface area (TPSA) is 90.4 Å². The number of nitrogens with zero attached hydrogens (tertiary/aromatic N) is 2. The Kier molecular flexibility index (Phi) is 7.07. The summed E-state index contributed by atoms with van der Waals surface area (Å²) in [6.07, 6.45) is -2.47. The van der Waals surface area contributed by atoms with Crippen LogP contribution in [0.4, 0.5) is 19.0 Å². The van der Waals surface area contributed by atoms with Gasteiger partial charge in [-0.05, 0) is 38.8 Å². The van der Waals surface area contributed by atoms with Crippen molar-refractivity contribution in [1.29, 1.82) is 0 Å². The molecule has 0 aliphatic carbocycles. The first kappa shape index (κ1) is 25.0. The van der Waals surface area contributed by atoms with Gasteiger partial charge in [0.25, 0.3) is 6.43 Å². The fourth-order valence-corrected chi connectivity index (χ4v) is 5.61. The smallest absolute Gasteiger partial charge is 0.266 e. The van der Waals surface area contributed by atoms with Gasteiger partial charge >= 0.3 is 0 Å². The predicted molar refractivity (Wildman–Crippen MR) is 127 cm³/mol. The molecule has 1 N–H and O–H groups in total. The molecule has 11 heteroatoms. The minimum absolute atomic E-state index is 0.0612. The highest BCUT2D eigenvalue weighted by atomic mass is 32.2. The molecule has 2 aromatic carbocycles. The van der Waals surface area contributed by atoms with Crippen molar-refractivity contribution in [3.8, 4) is 11.5 Å². The molecule has 3 aromatic rings. The second-order valence-corrected chi connectivity index (χ2v) is 10.9. The van der Waals surface area contributed by atoms with Gasteiger partial charge < -0.3 is 14.8 Å². The van der Waals surface area contributed by atoms with Crippen LogP contribution >= 0.6 is 0 Å². The number of hydrogen-bond donors (Lipinski definition) is 1. The third-order valence-corrected chi connectivity index (χ3v) is 7.87. The average Bonchev–Trinajstić information content (AvgIpc) is 2.82. The van der Waals surface area contributed by atoms with Crippen LogP contribution in [-0.2, 0) is 9.84 Å². The highest BCUT2D eigenvalue weighted by molar-refractivity contribution is 7.91. The van der Waals surface area contributed by atoms with Crippen molar-refractivity contribution in [1.82, 2.24) is 10.2 Å². The second kappa shape index (κ2) is 9.88. The summed E-state index contributed by atoms with van der Waals surface area (Å²) >= 11 is 0. The van der Waals surface area contributed by atoms with Gasteiger partial charge in [-0.3, -0.25) is 0 Å². The number of sulfone groups is 1. The van der Waals surface area contributed by atoms with Crippen LogP contribution in [0.15, 0.2) is 30.3 Å². The zero-order valence-corrected chi connectivity index (χ0v) is 20.3. The predicted octanol–water partition coefficient (Wildman–Crippen LogP) is 5.15. The van der Waals surface area contributed by atoms with Gasteiger partial charge in [0.05, 0.1) is 35.9 Å². The van der Waals surface area contributed by atoms with Crippen molar-refractivity contribution in [3.63, 3.8) is 0 Å². The van der Waals surface area contributed by atoms with Crippen LogP contribution in [0.25, 0.3) is 10.8 Å². The lowest BCUT2D eigenvalue weighted by Gasteiger charge is -2.25. The summed E-state index contributed by atoms with van der Waals surface area (Å²) < 4.78 is 76.1. The largest absolute Gasteiger partial charge is 0.493 e. The first-order chi connectivity index (χ1) is 16.6. The molecule has 35 heavy (non-hydrogen) atoms. The molecule has 0 spiro atoms. The molecule has 0 bridgehead atoms. The van der Waals surface area contributed by atoms with Gasteiger partial charge in [0.1, 0.15) is 11.9 Å². The number of anilines is 1. The summed E-state index contributed by atoms with van der Waals surface area (Å²) in [5.74, 6) is 0.343. The molecule has 1 aliphatic rings. The van der Waals surface area contributed by atoms with E-state index in [2.05, 4.69) is 15.5 Å². The number of aryl methyl sites for hydroxylation is 1. The lowest BCUT2D eigenvalue weighted by molar-refractivity contribution is 0.146. The number of alkyl halides is 2. The van der Waals surface area contributed by atoms with E-state index in [1.54, 1.807) is 26.0 Å². The minimum atomic E-state index is -3.04. The Morgan fingerprint density at radius 2 is 1.71 bits per heavy atom. The fraction of sp³-hybridized carbons (Fsp3) is 0.417. The third-order valence-electron chi connectivity index (χ3n) is 6.16. The minimum Gasteiger partial charge on any atom is -0.493 e. The summed E-state index contributed by atoms with van der Waals surface area (Å²) in [4.78, 5) is 0. The maximum absolute atomic E-state index is 14.7. The Hall–Kier alpha value is -3.08. The van der Waals surface area contributed by atoms with Crippen molar-refractivity contribution in [2.24, 2.45) is 0 Å². The van der Waals surface area contributed by atoms with E-state index in [0.29, 0.717) is 46.6 Å². The standard InChI is InChI=1S/C24H26F3N3O4S/c1-13(16-5-4-6-17(22(16)25)23(26)27)28-24-19-12-21(34-15-7-9-35(31,32)10-8-15)20(33-3)11-18(19)14(2)29-30-24/h4-6,11-13,15,23H,7-10H2,1-3H3,(H,28,30)/t13-/m1/s1. The number of hydrogen-bond acceptors (Lipinski definition) is 7. The van der Waals surface area contributed by atoms with Crippen molar-refractivity contribution >= 4 is 26.4 Å². The molecule has 7 nitrogen and oxygen atoms in total. The second-order valence-electron chi connectivity index (χ2n) is 8.57. The number of halogens is 3. The van der Waals surface area contributed by atoms with Gasteiger partial charge in [-0.2, -0.15) is 5.10 Å². The maximum Gasteiger partial charge on any atom is 0.266 e. The molecule has 4 rings (SSSR count). The molecule has 188 valence electrons. The van der Waals surface area contributed by atoms with E-state index in [9.17, 15) is 21.6 Å². The quantitative estimate of drug-likeness (QED) is 0.471. The van der Waals surface area contributed by atoms with Crippen molar-refractivity contribution < 1.29 is 31.1 Å². The lowest BCUT2D eigenvalue weighted by Crippen LogP contribution is -2.30. The van der Waals surface area contributed by atoms with Crippen LogP contribution in [0, 0.1) is 12.7 Å². The zero-order valence-electron chi connectivity index (χ0n) is 19.5. The van der Waals surface area contributed by atoms with Gasteiger partial charge in [0.2, 0.25) is 0 Å². The van der Waals surface area contributed by atoms with Crippen LogP contribution in [0.2, 0.25) is 0 Å². The van der Waals surface area contributed by atoms with Gasteiger partial charge in [-0.25, -0.2) is 21.6 Å². The molecule has 0 amide bonds. The number of rotatable bonds is 7. The summed E-state index contributed by atoms with van der Waals surface area (Å²) in [5.41, 5.74) is 0.0373. The molecule has 1 fully saturated rings. The third kappa shape index (κ3) is 5.29. The maximum atomic E-state index is 14.7. The monoisotopic (exact) mass is 509 g/mol.